The molecule has 0 saturated carbocycles. The summed E-state index contributed by atoms with van der Waals surface area (Å²) in [6.07, 6.45) is 4.85. The first-order valence-electron chi connectivity index (χ1n) is 4.42. The van der Waals surface area contributed by atoms with Crippen LogP contribution in [-0.2, 0) is 4.79 Å². The van der Waals surface area contributed by atoms with Gasteiger partial charge in [0.2, 0.25) is 5.91 Å². The van der Waals surface area contributed by atoms with Gasteiger partial charge in [-0.3, -0.25) is 4.79 Å². The first-order valence-corrected chi connectivity index (χ1v) is 4.42. The monoisotopic (exact) mass is 182 g/mol. The van der Waals surface area contributed by atoms with Gasteiger partial charge in [0.25, 0.3) is 0 Å². The van der Waals surface area contributed by atoms with Crippen LogP contribution >= 0.6 is 0 Å². The topological polar surface area (TPSA) is 55.1 Å². The lowest BCUT2D eigenvalue weighted by atomic mass is 10.2. The molecule has 13 heavy (non-hydrogen) atoms. The molecule has 0 spiro atoms. The fourth-order valence-corrected chi connectivity index (χ4v) is 0.770. The molecule has 0 radical (unpaired) electrons. The summed E-state index contributed by atoms with van der Waals surface area (Å²) < 4.78 is 0. The zero-order valence-corrected chi connectivity index (χ0v) is 8.55. The molecule has 0 aromatic rings. The van der Waals surface area contributed by atoms with Crippen LogP contribution in [0.1, 0.15) is 27.2 Å². The van der Waals surface area contributed by atoms with E-state index in [0.29, 0.717) is 0 Å². The summed E-state index contributed by atoms with van der Waals surface area (Å²) in [5, 5.41) is 2.97. The Hall–Kier alpha value is -1.25. The van der Waals surface area contributed by atoms with Crippen LogP contribution in [-0.4, -0.2) is 12.5 Å². The molecule has 3 nitrogen and oxygen atoms in total. The molecule has 0 aliphatic rings. The molecule has 3 N–H and O–H groups in total. The molecule has 0 fully saturated rings. The maximum absolute atomic E-state index is 10.5. The van der Waals surface area contributed by atoms with Gasteiger partial charge in [0.1, 0.15) is 0 Å². The summed E-state index contributed by atoms with van der Waals surface area (Å²) in [4.78, 5) is 10.5. The van der Waals surface area contributed by atoms with E-state index in [0.717, 1.165) is 12.1 Å². The first-order chi connectivity index (χ1) is 6.06. The Balaban J connectivity index is 4.10. The molecule has 0 aliphatic heterocycles. The quantitative estimate of drug-likeness (QED) is 0.630. The van der Waals surface area contributed by atoms with Crippen molar-refractivity contribution in [2.24, 2.45) is 5.73 Å². The minimum atomic E-state index is -0.337. The largest absolute Gasteiger partial charge is 0.380 e. The van der Waals surface area contributed by atoms with Crippen LogP contribution in [0.3, 0.4) is 0 Å². The summed E-state index contributed by atoms with van der Waals surface area (Å²) in [5.41, 5.74) is 7.26. The Kier molecular flexibility index (Phi) is 5.68. The molecule has 0 saturated heterocycles. The van der Waals surface area contributed by atoms with E-state index < -0.39 is 0 Å². The second-order valence-corrected chi connectivity index (χ2v) is 3.11. The molecule has 0 rings (SSSR count). The van der Waals surface area contributed by atoms with E-state index >= 15 is 0 Å². The highest BCUT2D eigenvalue weighted by Gasteiger charge is 1.94. The molecule has 74 valence electrons. The van der Waals surface area contributed by atoms with Crippen LogP contribution in [0.25, 0.3) is 0 Å². The number of hydrogen-bond donors (Lipinski definition) is 2. The number of allylic oxidation sites excluding steroid dienone is 4. The van der Waals surface area contributed by atoms with Gasteiger partial charge in [-0.05, 0) is 26.3 Å². The normalized spacial score (nSPS) is 10.8. The maximum atomic E-state index is 10.5. The van der Waals surface area contributed by atoms with Crippen molar-refractivity contribution >= 4 is 5.91 Å². The van der Waals surface area contributed by atoms with Gasteiger partial charge in [-0.15, -0.1) is 0 Å². The number of carbonyl (C=O) groups is 1. The van der Waals surface area contributed by atoms with E-state index in [1.807, 2.05) is 32.9 Å². The van der Waals surface area contributed by atoms with Crippen LogP contribution in [0.5, 0.6) is 0 Å². The van der Waals surface area contributed by atoms with Crippen LogP contribution in [0, 0.1) is 0 Å². The third-order valence-corrected chi connectivity index (χ3v) is 1.49. The van der Waals surface area contributed by atoms with Gasteiger partial charge in [-0.25, -0.2) is 0 Å². The van der Waals surface area contributed by atoms with Gasteiger partial charge in [0, 0.05) is 5.70 Å². The van der Waals surface area contributed by atoms with Gasteiger partial charge in [-0.1, -0.05) is 18.6 Å². The average Bonchev–Trinajstić information content (AvgIpc) is 2.04. The van der Waals surface area contributed by atoms with E-state index in [9.17, 15) is 4.79 Å². The van der Waals surface area contributed by atoms with Crippen molar-refractivity contribution in [3.05, 3.63) is 23.4 Å². The Morgan fingerprint density at radius 2 is 2.00 bits per heavy atom. The zero-order chi connectivity index (χ0) is 10.3. The van der Waals surface area contributed by atoms with Gasteiger partial charge in [0.15, 0.2) is 0 Å². The SMILES string of the molecule is CC/C(=C\C=C(C)C)NCC(N)=O. The second kappa shape index (κ2) is 6.29. The van der Waals surface area contributed by atoms with Gasteiger partial charge in [-0.2, -0.15) is 0 Å². The van der Waals surface area contributed by atoms with E-state index in [2.05, 4.69) is 5.32 Å². The molecule has 0 aromatic heterocycles. The predicted molar refractivity (Wildman–Crippen MR) is 55.0 cm³/mol. The van der Waals surface area contributed by atoms with Gasteiger partial charge in [0.05, 0.1) is 6.54 Å². The molecule has 1 amide bonds. The maximum Gasteiger partial charge on any atom is 0.236 e. The zero-order valence-electron chi connectivity index (χ0n) is 8.55. The smallest absolute Gasteiger partial charge is 0.236 e. The number of rotatable bonds is 5. The highest BCUT2D eigenvalue weighted by molar-refractivity contribution is 5.76. The molecule has 0 atom stereocenters. The lowest BCUT2D eigenvalue weighted by molar-refractivity contribution is -0.117. The standard InChI is InChI=1S/C10H18N2O/c1-4-9(6-5-8(2)3)12-7-10(11)13/h5-6,12H,4,7H2,1-3H3,(H2,11,13)/b9-6+. The lowest BCUT2D eigenvalue weighted by Crippen LogP contribution is -2.27. The fraction of sp³-hybridized carbons (Fsp3) is 0.500. The molecule has 0 aliphatic carbocycles. The molecular formula is C10H18N2O. The predicted octanol–water partition coefficient (Wildman–Crippen LogP) is 1.32. The number of primary amides is 1. The van der Waals surface area contributed by atoms with Crippen molar-refractivity contribution in [2.75, 3.05) is 6.54 Å². The highest BCUT2D eigenvalue weighted by Crippen LogP contribution is 1.98. The molecular weight excluding hydrogens is 164 g/mol. The van der Waals surface area contributed by atoms with Crippen molar-refractivity contribution < 1.29 is 4.79 Å². The highest BCUT2D eigenvalue weighted by atomic mass is 16.1. The molecule has 0 heterocycles. The number of nitrogens with two attached hydrogens (primary N) is 1. The van der Waals surface area contributed by atoms with Crippen molar-refractivity contribution in [2.45, 2.75) is 27.2 Å². The Morgan fingerprint density at radius 1 is 1.38 bits per heavy atom. The number of nitrogens with one attached hydrogen (secondary N) is 1. The molecule has 0 unspecified atom stereocenters. The fourth-order valence-electron chi connectivity index (χ4n) is 0.770. The van der Waals surface area contributed by atoms with E-state index in [-0.39, 0.29) is 12.5 Å². The number of amides is 1. The number of carbonyl (C=O) groups excluding carboxylic acids is 1. The third-order valence-electron chi connectivity index (χ3n) is 1.49. The minimum absolute atomic E-state index is 0.205. The van der Waals surface area contributed by atoms with Crippen LogP contribution in [0.15, 0.2) is 23.4 Å². The van der Waals surface area contributed by atoms with Crippen molar-refractivity contribution in [1.29, 1.82) is 0 Å². The Bertz CT molecular complexity index is 225. The van der Waals surface area contributed by atoms with Crippen molar-refractivity contribution in [3.8, 4) is 0 Å². The average molecular weight is 182 g/mol. The van der Waals surface area contributed by atoms with Crippen molar-refractivity contribution in [1.82, 2.24) is 5.32 Å². The third kappa shape index (κ3) is 7.12. The Labute approximate surface area is 79.7 Å². The first kappa shape index (κ1) is 11.8. The summed E-state index contributed by atoms with van der Waals surface area (Å²) in [7, 11) is 0. The van der Waals surface area contributed by atoms with Crippen LogP contribution in [0.2, 0.25) is 0 Å². The second-order valence-electron chi connectivity index (χ2n) is 3.11. The summed E-state index contributed by atoms with van der Waals surface area (Å²) >= 11 is 0. The lowest BCUT2D eigenvalue weighted by Gasteiger charge is -2.05. The summed E-state index contributed by atoms with van der Waals surface area (Å²) in [6.45, 7) is 6.28. The summed E-state index contributed by atoms with van der Waals surface area (Å²) in [6, 6.07) is 0. The van der Waals surface area contributed by atoms with E-state index in [1.165, 1.54) is 5.57 Å². The molecule has 3 heteroatoms. The van der Waals surface area contributed by atoms with E-state index in [4.69, 9.17) is 5.73 Å². The Morgan fingerprint density at radius 3 is 2.38 bits per heavy atom. The van der Waals surface area contributed by atoms with Crippen molar-refractivity contribution in [3.63, 3.8) is 0 Å². The molecule has 0 aromatic carbocycles. The van der Waals surface area contributed by atoms with Crippen LogP contribution in [0.4, 0.5) is 0 Å². The number of hydrogen-bond acceptors (Lipinski definition) is 2. The van der Waals surface area contributed by atoms with Gasteiger partial charge < -0.3 is 11.1 Å². The minimum Gasteiger partial charge on any atom is -0.380 e. The molecule has 0 bridgehead atoms. The van der Waals surface area contributed by atoms with Gasteiger partial charge >= 0.3 is 0 Å². The summed E-state index contributed by atoms with van der Waals surface area (Å²) in [5.74, 6) is -0.337. The van der Waals surface area contributed by atoms with Crippen LogP contribution < -0.4 is 11.1 Å². The van der Waals surface area contributed by atoms with E-state index in [1.54, 1.807) is 0 Å².